The van der Waals surface area contributed by atoms with Crippen LogP contribution in [0.1, 0.15) is 41.6 Å². The normalized spacial score (nSPS) is 17.2. The number of aryl methyl sites for hydroxylation is 3. The molecule has 1 amide bonds. The topological polar surface area (TPSA) is 72.7 Å². The first-order valence-electron chi connectivity index (χ1n) is 9.34. The van der Waals surface area contributed by atoms with Gasteiger partial charge in [-0.25, -0.2) is 9.37 Å². The molecule has 6 nitrogen and oxygen atoms in total. The summed E-state index contributed by atoms with van der Waals surface area (Å²) in [5.74, 6) is 1.49. The van der Waals surface area contributed by atoms with Crippen LogP contribution in [-0.2, 0) is 17.8 Å². The lowest BCUT2D eigenvalue weighted by Gasteiger charge is -2.24. The third kappa shape index (κ3) is 3.56. The molecule has 0 fully saturated rings. The second kappa shape index (κ2) is 7.43. The molecule has 1 aliphatic heterocycles. The number of nitrogens with one attached hydrogen (secondary N) is 1. The van der Waals surface area contributed by atoms with Gasteiger partial charge < -0.3 is 9.88 Å². The molecule has 0 unspecified atom stereocenters. The first kappa shape index (κ1) is 18.7. The van der Waals surface area contributed by atoms with Crippen molar-refractivity contribution in [1.29, 1.82) is 0 Å². The number of benzene rings is 1. The zero-order valence-electron chi connectivity index (χ0n) is 16.1. The number of hydrogen-bond donors (Lipinski definition) is 1. The lowest BCUT2D eigenvalue weighted by molar-refractivity contribution is -0.126. The fourth-order valence-electron chi connectivity index (χ4n) is 3.60. The molecule has 28 heavy (non-hydrogen) atoms. The summed E-state index contributed by atoms with van der Waals surface area (Å²) in [5, 5.41) is 12.2. The van der Waals surface area contributed by atoms with Crippen molar-refractivity contribution in [3.63, 3.8) is 0 Å². The molecular formula is C20H22FN5OS. The maximum absolute atomic E-state index is 13.2. The lowest BCUT2D eigenvalue weighted by Crippen LogP contribution is -2.37. The smallest absolute Gasteiger partial charge is 0.225 e. The quantitative estimate of drug-likeness (QED) is 0.728. The maximum Gasteiger partial charge on any atom is 0.225 e. The zero-order chi connectivity index (χ0) is 19.8. The largest absolute Gasteiger partial charge is 0.348 e. The van der Waals surface area contributed by atoms with Gasteiger partial charge in [-0.3, -0.25) is 4.79 Å². The van der Waals surface area contributed by atoms with E-state index in [-0.39, 0.29) is 23.7 Å². The molecule has 3 heterocycles. The Morgan fingerprint density at radius 3 is 2.79 bits per heavy atom. The summed E-state index contributed by atoms with van der Waals surface area (Å²) in [5.41, 5.74) is 1.76. The van der Waals surface area contributed by atoms with Crippen LogP contribution in [-0.4, -0.2) is 25.7 Å². The highest BCUT2D eigenvalue weighted by Gasteiger charge is 2.28. The summed E-state index contributed by atoms with van der Waals surface area (Å²) in [7, 11) is 0. The molecule has 1 aliphatic rings. The number of carbonyl (C=O) groups excluding carboxylic acids is 1. The van der Waals surface area contributed by atoms with Gasteiger partial charge in [-0.05, 0) is 51.5 Å². The minimum absolute atomic E-state index is 0.0439. The van der Waals surface area contributed by atoms with Crippen molar-refractivity contribution >= 4 is 17.2 Å². The number of halogens is 1. The molecule has 0 saturated heterocycles. The molecule has 0 radical (unpaired) electrons. The molecule has 146 valence electrons. The molecule has 1 N–H and O–H groups in total. The molecule has 2 atom stereocenters. The monoisotopic (exact) mass is 399 g/mol. The summed E-state index contributed by atoms with van der Waals surface area (Å²) in [6.07, 6.45) is 1.54. The van der Waals surface area contributed by atoms with Gasteiger partial charge in [-0.2, -0.15) is 0 Å². The SMILES string of the molecule is Cc1nc(-c2ccc(F)cc2)sc1[C@@H](C)NC(=O)[C@@H]1CCc2nnc(C)n2C1. The number of hydrogen-bond acceptors (Lipinski definition) is 5. The van der Waals surface area contributed by atoms with Crippen LogP contribution in [0.5, 0.6) is 0 Å². The Bertz CT molecular complexity index is 1010. The highest BCUT2D eigenvalue weighted by atomic mass is 32.1. The Labute approximate surface area is 166 Å². The van der Waals surface area contributed by atoms with Gasteiger partial charge in [0, 0.05) is 18.5 Å². The third-order valence-electron chi connectivity index (χ3n) is 5.18. The first-order chi connectivity index (χ1) is 13.4. The van der Waals surface area contributed by atoms with Crippen LogP contribution in [0.4, 0.5) is 4.39 Å². The van der Waals surface area contributed by atoms with Crippen molar-refractivity contribution < 1.29 is 9.18 Å². The van der Waals surface area contributed by atoms with Crippen LogP contribution in [0.3, 0.4) is 0 Å². The summed E-state index contributed by atoms with van der Waals surface area (Å²) < 4.78 is 15.2. The van der Waals surface area contributed by atoms with Gasteiger partial charge >= 0.3 is 0 Å². The average Bonchev–Trinajstić information content (AvgIpc) is 3.25. The van der Waals surface area contributed by atoms with E-state index in [0.29, 0.717) is 6.54 Å². The Hall–Kier alpha value is -2.61. The second-order valence-corrected chi connectivity index (χ2v) is 8.25. The fraction of sp³-hybridized carbons (Fsp3) is 0.400. The number of thiazole rings is 1. The lowest BCUT2D eigenvalue weighted by atomic mass is 9.98. The minimum atomic E-state index is -0.267. The van der Waals surface area contributed by atoms with Gasteiger partial charge in [-0.15, -0.1) is 21.5 Å². The fourth-order valence-corrected chi connectivity index (χ4v) is 4.67. The van der Waals surface area contributed by atoms with E-state index in [2.05, 4.69) is 20.5 Å². The predicted octanol–water partition coefficient (Wildman–Crippen LogP) is 3.60. The molecule has 0 bridgehead atoms. The summed E-state index contributed by atoms with van der Waals surface area (Å²) in [6, 6.07) is 6.17. The van der Waals surface area contributed by atoms with E-state index in [1.807, 2.05) is 25.3 Å². The molecule has 0 aliphatic carbocycles. The van der Waals surface area contributed by atoms with Gasteiger partial charge in [0.05, 0.1) is 22.5 Å². The van der Waals surface area contributed by atoms with Crippen LogP contribution >= 0.6 is 11.3 Å². The van der Waals surface area contributed by atoms with E-state index in [9.17, 15) is 9.18 Å². The predicted molar refractivity (Wildman–Crippen MR) is 105 cm³/mol. The Kier molecular flexibility index (Phi) is 4.97. The Morgan fingerprint density at radius 1 is 1.29 bits per heavy atom. The molecular weight excluding hydrogens is 377 g/mol. The minimum Gasteiger partial charge on any atom is -0.348 e. The highest BCUT2D eigenvalue weighted by molar-refractivity contribution is 7.15. The van der Waals surface area contributed by atoms with Gasteiger partial charge in [0.2, 0.25) is 5.91 Å². The van der Waals surface area contributed by atoms with Gasteiger partial charge in [-0.1, -0.05) is 0 Å². The van der Waals surface area contributed by atoms with Crippen LogP contribution in [0, 0.1) is 25.6 Å². The van der Waals surface area contributed by atoms with E-state index < -0.39 is 0 Å². The van der Waals surface area contributed by atoms with Crippen molar-refractivity contribution in [3.8, 4) is 10.6 Å². The number of amides is 1. The van der Waals surface area contributed by atoms with Crippen molar-refractivity contribution in [2.24, 2.45) is 5.92 Å². The van der Waals surface area contributed by atoms with Crippen LogP contribution in [0.15, 0.2) is 24.3 Å². The Morgan fingerprint density at radius 2 is 2.04 bits per heavy atom. The third-order valence-corrected chi connectivity index (χ3v) is 6.57. The summed E-state index contributed by atoms with van der Waals surface area (Å²) in [6.45, 7) is 6.45. The molecule has 4 rings (SSSR count). The second-order valence-electron chi connectivity index (χ2n) is 7.22. The van der Waals surface area contributed by atoms with Crippen molar-refractivity contribution in [3.05, 3.63) is 52.3 Å². The number of aromatic nitrogens is 4. The van der Waals surface area contributed by atoms with Crippen molar-refractivity contribution in [1.82, 2.24) is 25.1 Å². The van der Waals surface area contributed by atoms with Gasteiger partial charge in [0.25, 0.3) is 0 Å². The number of fused-ring (bicyclic) bond motifs is 1. The van der Waals surface area contributed by atoms with Gasteiger partial charge in [0.1, 0.15) is 22.5 Å². The average molecular weight is 399 g/mol. The van der Waals surface area contributed by atoms with Gasteiger partial charge in [0.15, 0.2) is 0 Å². The van der Waals surface area contributed by atoms with E-state index >= 15 is 0 Å². The Balaban J connectivity index is 1.46. The standard InChI is InChI=1S/C20H22FN5OS/c1-11(18-12(2)23-20(28-18)14-4-7-16(21)8-5-14)22-19(27)15-6-9-17-25-24-13(3)26(17)10-15/h4-5,7-8,11,15H,6,9-10H2,1-3H3,(H,22,27)/t11-,15-/m1/s1. The van der Waals surface area contributed by atoms with Crippen LogP contribution in [0.25, 0.3) is 10.6 Å². The highest BCUT2D eigenvalue weighted by Crippen LogP contribution is 2.32. The van der Waals surface area contributed by atoms with Crippen LogP contribution < -0.4 is 5.32 Å². The van der Waals surface area contributed by atoms with Crippen LogP contribution in [0.2, 0.25) is 0 Å². The molecule has 8 heteroatoms. The van der Waals surface area contributed by atoms with E-state index in [4.69, 9.17) is 0 Å². The molecule has 1 aromatic carbocycles. The number of carbonyl (C=O) groups is 1. The van der Waals surface area contributed by atoms with E-state index in [0.717, 1.165) is 45.6 Å². The van der Waals surface area contributed by atoms with Crippen molar-refractivity contribution in [2.75, 3.05) is 0 Å². The molecule has 3 aromatic rings. The number of rotatable bonds is 4. The van der Waals surface area contributed by atoms with Crippen molar-refractivity contribution in [2.45, 2.75) is 46.2 Å². The molecule has 0 spiro atoms. The molecule has 2 aromatic heterocycles. The molecule has 0 saturated carbocycles. The van der Waals surface area contributed by atoms with E-state index in [1.165, 1.54) is 23.5 Å². The summed E-state index contributed by atoms with van der Waals surface area (Å²) >= 11 is 1.53. The summed E-state index contributed by atoms with van der Waals surface area (Å²) in [4.78, 5) is 18.5. The zero-order valence-corrected chi connectivity index (χ0v) is 16.9. The first-order valence-corrected chi connectivity index (χ1v) is 10.2. The number of nitrogens with zero attached hydrogens (tertiary/aromatic N) is 4. The van der Waals surface area contributed by atoms with E-state index in [1.54, 1.807) is 12.1 Å². The maximum atomic E-state index is 13.2.